The number of aromatic nitrogens is 3. The Kier molecular flexibility index (Phi) is 4.25. The van der Waals surface area contributed by atoms with Crippen LogP contribution in [0.4, 0.5) is 0 Å². The summed E-state index contributed by atoms with van der Waals surface area (Å²) in [7, 11) is 0. The van der Waals surface area contributed by atoms with Crippen LogP contribution in [0.3, 0.4) is 0 Å². The highest BCUT2D eigenvalue weighted by molar-refractivity contribution is 6.04. The second-order valence-electron chi connectivity index (χ2n) is 6.97. The predicted molar refractivity (Wildman–Crippen MR) is 95.8 cm³/mol. The molecule has 2 aromatic rings. The second kappa shape index (κ2) is 6.61. The van der Waals surface area contributed by atoms with Gasteiger partial charge in [-0.3, -0.25) is 9.59 Å². The van der Waals surface area contributed by atoms with Crippen molar-refractivity contribution >= 4 is 28.7 Å². The predicted octanol–water partition coefficient (Wildman–Crippen LogP) is 1.35. The molecule has 2 aromatic heterocycles. The van der Waals surface area contributed by atoms with E-state index in [1.54, 1.807) is 23.2 Å². The van der Waals surface area contributed by atoms with Crippen molar-refractivity contribution < 1.29 is 19.1 Å². The standard InChI is InChI=1S/C19H20N4O4/c1-3-7-27-19(26)15-9-12-8-14(12)23(15)16(25)10-22-18-13(5-4-6-20-18)17(21-22)11(2)24/h3-6,12,14-15H,1,7-10H2,2H3/t12-,14-,15?/m1/s1. The highest BCUT2D eigenvalue weighted by atomic mass is 16.5. The number of hydrogen-bond donors (Lipinski definition) is 0. The Labute approximate surface area is 155 Å². The van der Waals surface area contributed by atoms with Crippen LogP contribution in [-0.2, 0) is 20.9 Å². The summed E-state index contributed by atoms with van der Waals surface area (Å²) in [4.78, 5) is 43.0. The monoisotopic (exact) mass is 368 g/mol. The Balaban J connectivity index is 1.58. The summed E-state index contributed by atoms with van der Waals surface area (Å²) in [6, 6.07) is 3.00. The van der Waals surface area contributed by atoms with Gasteiger partial charge in [-0.2, -0.15) is 5.10 Å². The van der Waals surface area contributed by atoms with Crippen molar-refractivity contribution in [2.75, 3.05) is 6.61 Å². The highest BCUT2D eigenvalue weighted by Crippen LogP contribution is 2.48. The van der Waals surface area contributed by atoms with Gasteiger partial charge in [0.15, 0.2) is 11.4 Å². The third-order valence-electron chi connectivity index (χ3n) is 5.13. The molecule has 2 fully saturated rings. The zero-order chi connectivity index (χ0) is 19.1. The van der Waals surface area contributed by atoms with Gasteiger partial charge in [0.25, 0.3) is 0 Å². The summed E-state index contributed by atoms with van der Waals surface area (Å²) in [5.41, 5.74) is 0.770. The number of carbonyl (C=O) groups is 3. The first-order valence-corrected chi connectivity index (χ1v) is 8.92. The van der Waals surface area contributed by atoms with E-state index in [0.717, 1.165) is 6.42 Å². The van der Waals surface area contributed by atoms with Crippen LogP contribution in [0.15, 0.2) is 31.0 Å². The summed E-state index contributed by atoms with van der Waals surface area (Å²) in [6.45, 7) is 5.02. The maximum absolute atomic E-state index is 13.0. The maximum Gasteiger partial charge on any atom is 0.329 e. The lowest BCUT2D eigenvalue weighted by molar-refractivity contribution is -0.153. The van der Waals surface area contributed by atoms with Gasteiger partial charge in [0.05, 0.1) is 5.39 Å². The molecule has 3 atom stereocenters. The summed E-state index contributed by atoms with van der Waals surface area (Å²) >= 11 is 0. The van der Waals surface area contributed by atoms with Gasteiger partial charge in [0.2, 0.25) is 5.91 Å². The Bertz CT molecular complexity index is 950. The molecular formula is C19H20N4O4. The molecular weight excluding hydrogens is 348 g/mol. The van der Waals surface area contributed by atoms with Crippen LogP contribution in [-0.4, -0.2) is 56.0 Å². The number of fused-ring (bicyclic) bond motifs is 2. The van der Waals surface area contributed by atoms with E-state index in [1.165, 1.54) is 17.7 Å². The lowest BCUT2D eigenvalue weighted by atomic mass is 10.1. The van der Waals surface area contributed by atoms with E-state index in [-0.39, 0.29) is 30.9 Å². The number of pyridine rings is 1. The van der Waals surface area contributed by atoms with Gasteiger partial charge in [0, 0.05) is 19.2 Å². The molecule has 3 heterocycles. The SMILES string of the molecule is C=CCOC(=O)C1C[C@H]2C[C@H]2N1C(=O)Cn1nc(C(C)=O)c2cccnc21. The Morgan fingerprint density at radius 2 is 2.19 bits per heavy atom. The van der Waals surface area contributed by atoms with Crippen LogP contribution < -0.4 is 0 Å². The van der Waals surface area contributed by atoms with Crippen molar-refractivity contribution in [1.29, 1.82) is 0 Å². The number of esters is 1. The number of carbonyl (C=O) groups excluding carboxylic acids is 3. The van der Waals surface area contributed by atoms with Crippen LogP contribution in [0.25, 0.3) is 11.0 Å². The van der Waals surface area contributed by atoms with Crippen molar-refractivity contribution in [3.05, 3.63) is 36.7 Å². The molecule has 1 amide bonds. The van der Waals surface area contributed by atoms with E-state index in [1.807, 2.05) is 0 Å². The molecule has 0 aromatic carbocycles. The van der Waals surface area contributed by atoms with Gasteiger partial charge in [-0.05, 0) is 30.9 Å². The highest BCUT2D eigenvalue weighted by Gasteiger charge is 2.56. The van der Waals surface area contributed by atoms with Gasteiger partial charge >= 0.3 is 5.97 Å². The van der Waals surface area contributed by atoms with Crippen LogP contribution in [0.5, 0.6) is 0 Å². The van der Waals surface area contributed by atoms with Crippen molar-refractivity contribution in [3.63, 3.8) is 0 Å². The minimum atomic E-state index is -0.566. The molecule has 1 aliphatic heterocycles. The summed E-state index contributed by atoms with van der Waals surface area (Å²) in [5.74, 6) is -0.446. The number of ketones is 1. The zero-order valence-electron chi connectivity index (χ0n) is 15.0. The zero-order valence-corrected chi connectivity index (χ0v) is 15.0. The first-order chi connectivity index (χ1) is 13.0. The van der Waals surface area contributed by atoms with Crippen LogP contribution >= 0.6 is 0 Å². The molecule has 0 spiro atoms. The normalized spacial score (nSPS) is 23.1. The van der Waals surface area contributed by atoms with Crippen LogP contribution in [0.1, 0.15) is 30.3 Å². The fourth-order valence-corrected chi connectivity index (χ4v) is 3.85. The van der Waals surface area contributed by atoms with Crippen molar-refractivity contribution in [1.82, 2.24) is 19.7 Å². The molecule has 0 bridgehead atoms. The lowest BCUT2D eigenvalue weighted by Gasteiger charge is -2.26. The van der Waals surface area contributed by atoms with Gasteiger partial charge in [-0.15, -0.1) is 0 Å². The van der Waals surface area contributed by atoms with E-state index in [9.17, 15) is 14.4 Å². The fraction of sp³-hybridized carbons (Fsp3) is 0.421. The van der Waals surface area contributed by atoms with Gasteiger partial charge in [-0.1, -0.05) is 12.7 Å². The molecule has 4 rings (SSSR count). The van der Waals surface area contributed by atoms with Crippen LogP contribution in [0.2, 0.25) is 0 Å². The lowest BCUT2D eigenvalue weighted by Crippen LogP contribution is -2.45. The van der Waals surface area contributed by atoms with Crippen LogP contribution in [0, 0.1) is 5.92 Å². The number of piperidine rings is 1. The number of amides is 1. The summed E-state index contributed by atoms with van der Waals surface area (Å²) in [5, 5.41) is 4.90. The van der Waals surface area contributed by atoms with E-state index in [4.69, 9.17) is 4.74 Å². The topological polar surface area (TPSA) is 94.4 Å². The Morgan fingerprint density at radius 3 is 2.93 bits per heavy atom. The average Bonchev–Trinajstić information content (AvgIpc) is 3.16. The van der Waals surface area contributed by atoms with E-state index < -0.39 is 12.0 Å². The maximum atomic E-state index is 13.0. The van der Waals surface area contributed by atoms with Gasteiger partial charge in [0.1, 0.15) is 24.9 Å². The minimum absolute atomic E-state index is 0.0742. The molecule has 1 aliphatic carbocycles. The third-order valence-corrected chi connectivity index (χ3v) is 5.13. The largest absolute Gasteiger partial charge is 0.460 e. The van der Waals surface area contributed by atoms with E-state index in [2.05, 4.69) is 16.7 Å². The third kappa shape index (κ3) is 3.01. The molecule has 2 aliphatic rings. The molecule has 8 heteroatoms. The molecule has 140 valence electrons. The number of hydrogen-bond acceptors (Lipinski definition) is 6. The molecule has 1 saturated heterocycles. The van der Waals surface area contributed by atoms with Crippen molar-refractivity contribution in [3.8, 4) is 0 Å². The number of rotatable bonds is 6. The summed E-state index contributed by atoms with van der Waals surface area (Å²) < 4.78 is 6.59. The number of likely N-dealkylation sites (tertiary alicyclic amines) is 1. The number of ether oxygens (including phenoxy) is 1. The molecule has 8 nitrogen and oxygen atoms in total. The number of nitrogens with zero attached hydrogens (tertiary/aromatic N) is 4. The molecule has 0 radical (unpaired) electrons. The van der Waals surface area contributed by atoms with Gasteiger partial charge in [-0.25, -0.2) is 14.5 Å². The summed E-state index contributed by atoms with van der Waals surface area (Å²) in [6.07, 6.45) is 4.64. The fourth-order valence-electron chi connectivity index (χ4n) is 3.85. The van der Waals surface area contributed by atoms with Gasteiger partial charge < -0.3 is 9.64 Å². The minimum Gasteiger partial charge on any atom is -0.460 e. The molecule has 1 saturated carbocycles. The van der Waals surface area contributed by atoms with Crippen molar-refractivity contribution in [2.45, 2.75) is 38.4 Å². The molecule has 27 heavy (non-hydrogen) atoms. The molecule has 0 N–H and O–H groups in total. The molecule has 1 unspecified atom stereocenters. The van der Waals surface area contributed by atoms with E-state index in [0.29, 0.717) is 29.1 Å². The average molecular weight is 368 g/mol. The second-order valence-corrected chi connectivity index (χ2v) is 6.97. The smallest absolute Gasteiger partial charge is 0.329 e. The first-order valence-electron chi connectivity index (χ1n) is 8.92. The quantitative estimate of drug-likeness (QED) is 0.434. The Morgan fingerprint density at radius 1 is 1.37 bits per heavy atom. The van der Waals surface area contributed by atoms with E-state index >= 15 is 0 Å². The Hall–Kier alpha value is -3.03. The number of Topliss-reactive ketones (excluding diaryl/α,β-unsaturated/α-hetero) is 1. The van der Waals surface area contributed by atoms with Crippen molar-refractivity contribution in [2.24, 2.45) is 5.92 Å². The first kappa shape index (κ1) is 17.4.